The van der Waals surface area contributed by atoms with E-state index in [2.05, 4.69) is 37.0 Å². The van der Waals surface area contributed by atoms with Gasteiger partial charge < -0.3 is 10.1 Å². The molecule has 0 saturated heterocycles. The number of ether oxygens (including phenoxy) is 1. The summed E-state index contributed by atoms with van der Waals surface area (Å²) < 4.78 is 5.30. The quantitative estimate of drug-likeness (QED) is 0.573. The minimum absolute atomic E-state index is 0.860. The number of aryl methyl sites for hydroxylation is 1. The van der Waals surface area contributed by atoms with Gasteiger partial charge >= 0.3 is 0 Å². The van der Waals surface area contributed by atoms with Gasteiger partial charge in [0.05, 0.1) is 7.11 Å². The summed E-state index contributed by atoms with van der Waals surface area (Å²) in [6.07, 6.45) is 1.09. The molecule has 0 saturated carbocycles. The Morgan fingerprint density at radius 2 is 2.20 bits per heavy atom. The van der Waals surface area contributed by atoms with E-state index in [-0.39, 0.29) is 0 Å². The first-order chi connectivity index (χ1) is 7.27. The van der Waals surface area contributed by atoms with Crippen molar-refractivity contribution in [2.75, 3.05) is 19.4 Å². The van der Waals surface area contributed by atoms with Crippen molar-refractivity contribution in [3.63, 3.8) is 0 Å². The zero-order valence-corrected chi connectivity index (χ0v) is 10.3. The summed E-state index contributed by atoms with van der Waals surface area (Å²) in [7, 11) is 1.71. The minimum Gasteiger partial charge on any atom is -0.496 e. The van der Waals surface area contributed by atoms with Gasteiger partial charge in [-0.15, -0.1) is 0 Å². The molecule has 0 aliphatic heterocycles. The summed E-state index contributed by atoms with van der Waals surface area (Å²) in [5, 5.41) is 3.38. The Morgan fingerprint density at radius 3 is 2.87 bits per heavy atom. The Balaban J connectivity index is 2.54. The van der Waals surface area contributed by atoms with Crippen LogP contribution in [-0.4, -0.2) is 19.4 Å². The predicted octanol–water partition coefficient (Wildman–Crippen LogP) is 2.41. The van der Waals surface area contributed by atoms with E-state index in [1.807, 2.05) is 6.07 Å². The summed E-state index contributed by atoms with van der Waals surface area (Å²) in [6, 6.07) is 6.24. The van der Waals surface area contributed by atoms with Crippen molar-refractivity contribution < 1.29 is 4.74 Å². The number of methoxy groups -OCH3 is 1. The van der Waals surface area contributed by atoms with E-state index < -0.39 is 0 Å². The average molecular weight is 225 g/mol. The molecule has 1 aromatic carbocycles. The molecule has 0 amide bonds. The molecule has 0 unspecified atom stereocenters. The third kappa shape index (κ3) is 4.14. The highest BCUT2D eigenvalue weighted by molar-refractivity contribution is 7.80. The van der Waals surface area contributed by atoms with Crippen LogP contribution in [0.3, 0.4) is 0 Å². The fourth-order valence-corrected chi connectivity index (χ4v) is 1.63. The maximum atomic E-state index is 5.30. The zero-order chi connectivity index (χ0) is 11.1. The molecule has 0 radical (unpaired) electrons. The van der Waals surface area contributed by atoms with E-state index in [9.17, 15) is 0 Å². The number of nitrogens with one attached hydrogen (secondary N) is 1. The summed E-state index contributed by atoms with van der Waals surface area (Å²) in [4.78, 5) is 0. The van der Waals surface area contributed by atoms with Crippen LogP contribution in [0.1, 0.15) is 17.5 Å². The number of hydrogen-bond donors (Lipinski definition) is 2. The predicted molar refractivity (Wildman–Crippen MR) is 67.9 cm³/mol. The van der Waals surface area contributed by atoms with Gasteiger partial charge in [-0.3, -0.25) is 0 Å². The van der Waals surface area contributed by atoms with E-state index in [1.54, 1.807) is 7.11 Å². The van der Waals surface area contributed by atoms with Gasteiger partial charge in [-0.1, -0.05) is 17.7 Å². The van der Waals surface area contributed by atoms with Gasteiger partial charge in [0.15, 0.2) is 0 Å². The SMILES string of the molecule is COc1ccc(C)cc1CNCCCS. The first-order valence-electron chi connectivity index (χ1n) is 5.23. The lowest BCUT2D eigenvalue weighted by Crippen LogP contribution is -2.15. The topological polar surface area (TPSA) is 21.3 Å². The van der Waals surface area contributed by atoms with Crippen molar-refractivity contribution in [2.45, 2.75) is 19.9 Å². The lowest BCUT2D eigenvalue weighted by Gasteiger charge is -2.10. The molecule has 0 spiro atoms. The Morgan fingerprint density at radius 1 is 1.40 bits per heavy atom. The number of rotatable bonds is 6. The van der Waals surface area contributed by atoms with Crippen LogP contribution in [0.2, 0.25) is 0 Å². The van der Waals surface area contributed by atoms with E-state index in [1.165, 1.54) is 11.1 Å². The van der Waals surface area contributed by atoms with Gasteiger partial charge in [0.1, 0.15) is 5.75 Å². The molecule has 1 rings (SSSR count). The molecule has 0 aromatic heterocycles. The fourth-order valence-electron chi connectivity index (χ4n) is 1.47. The zero-order valence-electron chi connectivity index (χ0n) is 9.42. The van der Waals surface area contributed by atoms with Gasteiger partial charge in [-0.05, 0) is 31.7 Å². The van der Waals surface area contributed by atoms with Crippen molar-refractivity contribution >= 4 is 12.6 Å². The average Bonchev–Trinajstić information content (AvgIpc) is 2.25. The van der Waals surface area contributed by atoms with Gasteiger partial charge in [-0.25, -0.2) is 0 Å². The second-order valence-electron chi connectivity index (χ2n) is 3.57. The summed E-state index contributed by atoms with van der Waals surface area (Å²) in [5.41, 5.74) is 2.48. The highest BCUT2D eigenvalue weighted by atomic mass is 32.1. The van der Waals surface area contributed by atoms with Crippen LogP contribution in [0, 0.1) is 6.92 Å². The van der Waals surface area contributed by atoms with Crippen molar-refractivity contribution in [2.24, 2.45) is 0 Å². The van der Waals surface area contributed by atoms with Crippen LogP contribution >= 0.6 is 12.6 Å². The molecule has 2 nitrogen and oxygen atoms in total. The largest absolute Gasteiger partial charge is 0.496 e. The standard InChI is InChI=1S/C12H19NOS/c1-10-4-5-12(14-2)11(8-10)9-13-6-3-7-15/h4-5,8,13,15H,3,6-7,9H2,1-2H3. The molecule has 0 aliphatic rings. The number of hydrogen-bond acceptors (Lipinski definition) is 3. The molecule has 0 aliphatic carbocycles. The van der Waals surface area contributed by atoms with Crippen LogP contribution in [0.25, 0.3) is 0 Å². The number of benzene rings is 1. The first-order valence-corrected chi connectivity index (χ1v) is 5.86. The Hall–Kier alpha value is -0.670. The van der Waals surface area contributed by atoms with E-state index in [0.29, 0.717) is 0 Å². The lowest BCUT2D eigenvalue weighted by molar-refractivity contribution is 0.407. The highest BCUT2D eigenvalue weighted by Crippen LogP contribution is 2.19. The second kappa shape index (κ2) is 6.75. The number of thiol groups is 1. The third-order valence-electron chi connectivity index (χ3n) is 2.26. The molecule has 3 heteroatoms. The normalized spacial score (nSPS) is 10.3. The van der Waals surface area contributed by atoms with Crippen LogP contribution in [-0.2, 0) is 6.54 Å². The Kier molecular flexibility index (Phi) is 5.58. The maximum absolute atomic E-state index is 5.30. The molecule has 0 fully saturated rings. The highest BCUT2D eigenvalue weighted by Gasteiger charge is 2.01. The summed E-state index contributed by atoms with van der Waals surface area (Å²) >= 11 is 4.17. The maximum Gasteiger partial charge on any atom is 0.123 e. The molecule has 0 heterocycles. The van der Waals surface area contributed by atoms with Crippen molar-refractivity contribution in [1.82, 2.24) is 5.32 Å². The molecule has 84 valence electrons. The van der Waals surface area contributed by atoms with Crippen molar-refractivity contribution in [3.8, 4) is 5.75 Å². The molecule has 1 N–H and O–H groups in total. The van der Waals surface area contributed by atoms with Crippen LogP contribution < -0.4 is 10.1 Å². The van der Waals surface area contributed by atoms with Crippen LogP contribution in [0.15, 0.2) is 18.2 Å². The molecular formula is C12H19NOS. The molecule has 0 bridgehead atoms. The lowest BCUT2D eigenvalue weighted by atomic mass is 10.1. The molecule has 15 heavy (non-hydrogen) atoms. The van der Waals surface area contributed by atoms with Crippen LogP contribution in [0.5, 0.6) is 5.75 Å². The van der Waals surface area contributed by atoms with Crippen molar-refractivity contribution in [1.29, 1.82) is 0 Å². The molecule has 0 atom stereocenters. The van der Waals surface area contributed by atoms with Gasteiger partial charge in [-0.2, -0.15) is 12.6 Å². The van der Waals surface area contributed by atoms with E-state index >= 15 is 0 Å². The van der Waals surface area contributed by atoms with Crippen molar-refractivity contribution in [3.05, 3.63) is 29.3 Å². The fraction of sp³-hybridized carbons (Fsp3) is 0.500. The second-order valence-corrected chi connectivity index (χ2v) is 4.02. The first kappa shape index (κ1) is 12.4. The summed E-state index contributed by atoms with van der Waals surface area (Å²) in [5.74, 6) is 1.89. The molecular weight excluding hydrogens is 206 g/mol. The Labute approximate surface area is 97.4 Å². The van der Waals surface area contributed by atoms with Gasteiger partial charge in [0.2, 0.25) is 0 Å². The smallest absolute Gasteiger partial charge is 0.123 e. The molecule has 1 aromatic rings. The minimum atomic E-state index is 0.860. The van der Waals surface area contributed by atoms with Crippen LogP contribution in [0.4, 0.5) is 0 Å². The Bertz CT molecular complexity index is 302. The van der Waals surface area contributed by atoms with Gasteiger partial charge in [0, 0.05) is 12.1 Å². The monoisotopic (exact) mass is 225 g/mol. The van der Waals surface area contributed by atoms with E-state index in [4.69, 9.17) is 4.74 Å². The summed E-state index contributed by atoms with van der Waals surface area (Å²) in [6.45, 7) is 3.95. The third-order valence-corrected chi connectivity index (χ3v) is 2.58. The van der Waals surface area contributed by atoms with E-state index in [0.717, 1.165) is 31.0 Å². The van der Waals surface area contributed by atoms with Gasteiger partial charge in [0.25, 0.3) is 0 Å².